The van der Waals surface area contributed by atoms with Crippen molar-refractivity contribution in [3.05, 3.63) is 74.1 Å². The molecule has 6 aliphatic rings. The second kappa shape index (κ2) is 11.2. The first-order valence-corrected chi connectivity index (χ1v) is 17.3. The van der Waals surface area contributed by atoms with Gasteiger partial charge in [0.05, 0.1) is 11.3 Å². The second-order valence-corrected chi connectivity index (χ2v) is 14.9. The summed E-state index contributed by atoms with van der Waals surface area (Å²) in [5, 5.41) is 0. The van der Waals surface area contributed by atoms with Crippen molar-refractivity contribution >= 4 is 6.08 Å². The number of nitrogens with one attached hydrogen (secondary N) is 1. The lowest BCUT2D eigenvalue weighted by atomic mass is 9.46. The Hall–Kier alpha value is -2.95. The van der Waals surface area contributed by atoms with Crippen LogP contribution in [-0.4, -0.2) is 14.5 Å². The predicted molar refractivity (Wildman–Crippen MR) is 175 cm³/mol. The Balaban J connectivity index is 1.20. The molecule has 0 unspecified atom stereocenters. The number of aromatic amines is 1. The van der Waals surface area contributed by atoms with E-state index in [1.807, 2.05) is 36.4 Å². The molecule has 1 aromatic carbocycles. The number of allylic oxidation sites excluding steroid dienone is 1. The fourth-order valence-corrected chi connectivity index (χ4v) is 10.5. The Kier molecular flexibility index (Phi) is 7.50. The van der Waals surface area contributed by atoms with Crippen molar-refractivity contribution in [1.82, 2.24) is 14.5 Å². The number of benzene rings is 1. The van der Waals surface area contributed by atoms with E-state index in [4.69, 9.17) is 0 Å². The Bertz CT molecular complexity index is 1600. The monoisotopic (exact) mass is 579 g/mol. The highest BCUT2D eigenvalue weighted by molar-refractivity contribution is 5.70. The molecular formula is C38H49N3O2. The topological polar surface area (TPSA) is 67.8 Å². The molecule has 0 amide bonds. The summed E-state index contributed by atoms with van der Waals surface area (Å²) in [6, 6.07) is 12.1. The van der Waals surface area contributed by atoms with Crippen LogP contribution >= 0.6 is 0 Å². The minimum absolute atomic E-state index is 0.107. The van der Waals surface area contributed by atoms with Crippen LogP contribution in [0.1, 0.15) is 115 Å². The summed E-state index contributed by atoms with van der Waals surface area (Å²) in [7, 11) is 0. The summed E-state index contributed by atoms with van der Waals surface area (Å²) in [6.45, 7) is 7.51. The summed E-state index contributed by atoms with van der Waals surface area (Å²) in [5.74, 6) is 3.69. The van der Waals surface area contributed by atoms with Crippen molar-refractivity contribution in [2.45, 2.75) is 111 Å². The van der Waals surface area contributed by atoms with E-state index in [1.54, 1.807) is 5.57 Å². The van der Waals surface area contributed by atoms with Crippen LogP contribution in [0.4, 0.5) is 0 Å². The lowest BCUT2D eigenvalue weighted by Crippen LogP contribution is -2.51. The van der Waals surface area contributed by atoms with Gasteiger partial charge in [0.1, 0.15) is 0 Å². The molecule has 5 heteroatoms. The first-order valence-electron chi connectivity index (χ1n) is 17.3. The van der Waals surface area contributed by atoms with E-state index in [0.29, 0.717) is 22.7 Å². The number of hydrogen-bond acceptors (Lipinski definition) is 3. The molecule has 0 aromatic heterocycles. The summed E-state index contributed by atoms with van der Waals surface area (Å²) < 4.78 is 2.06. The maximum Gasteiger partial charge on any atom is 0.349 e. The number of nitrogens with zero attached hydrogens (tertiary/aromatic N) is 2. The van der Waals surface area contributed by atoms with Crippen LogP contribution in [-0.2, 0) is 6.42 Å². The van der Waals surface area contributed by atoms with Gasteiger partial charge in [0, 0.05) is 5.69 Å². The van der Waals surface area contributed by atoms with Gasteiger partial charge < -0.3 is 0 Å². The largest absolute Gasteiger partial charge is 0.349 e. The molecule has 4 aliphatic carbocycles. The lowest BCUT2D eigenvalue weighted by Gasteiger charge is -2.58. The molecule has 7 rings (SSSR count). The van der Waals surface area contributed by atoms with Crippen molar-refractivity contribution < 1.29 is 0 Å². The van der Waals surface area contributed by atoms with Gasteiger partial charge in [-0.3, -0.25) is 14.3 Å². The smallest absolute Gasteiger partial charge is 0.294 e. The Morgan fingerprint density at radius 3 is 2.56 bits per heavy atom. The Labute approximate surface area is 256 Å². The first kappa shape index (κ1) is 28.8. The quantitative estimate of drug-likeness (QED) is 0.272. The Morgan fingerprint density at radius 2 is 1.74 bits per heavy atom. The highest BCUT2D eigenvalue weighted by atomic mass is 16.2. The van der Waals surface area contributed by atoms with Crippen LogP contribution in [0.2, 0.25) is 0 Å². The van der Waals surface area contributed by atoms with E-state index in [-0.39, 0.29) is 11.0 Å². The molecule has 6 atom stereocenters. The summed E-state index contributed by atoms with van der Waals surface area (Å²) >= 11 is 0. The van der Waals surface area contributed by atoms with Crippen molar-refractivity contribution in [2.24, 2.45) is 34.5 Å². The third-order valence-corrected chi connectivity index (χ3v) is 12.7. The molecule has 3 saturated carbocycles. The standard InChI is InChI=1S/C38H49N3O2/c1-4-5-6-7-8-10-13-26-17-19-31-29-18-16-27-23-33-25(24-38(27,3)32(29)20-21-37(26,31)2)22-30-34(39-36(43)40-35(30)42)41(33)28-14-11-9-12-15-28/h9,11-12,14-15,22-23,26,29,31-32H,4-8,10,13,16-21,24H2,1-3H3,(H,40,42,43)/t26-,29-,31-,32-,37+,38-/m0/s1. The third kappa shape index (κ3) is 4.77. The maximum absolute atomic E-state index is 13.1. The van der Waals surface area contributed by atoms with Gasteiger partial charge in [-0.2, -0.15) is 4.98 Å². The zero-order valence-electron chi connectivity index (χ0n) is 26.5. The SMILES string of the molecule is CCCCCCCC[C@H]1CC[C@H]2[C@@H]3CCC4=Cc5c(cc6c(=O)[nH]c(=O)nc-6n5-c5ccccc5)C[C@]4(C)[C@H]3CC[C@]12C. The first-order chi connectivity index (χ1) is 20.8. The van der Waals surface area contributed by atoms with E-state index in [9.17, 15) is 9.59 Å². The van der Waals surface area contributed by atoms with Crippen molar-refractivity contribution in [3.63, 3.8) is 0 Å². The molecule has 5 nitrogen and oxygen atoms in total. The summed E-state index contributed by atoms with van der Waals surface area (Å²) in [5.41, 5.74) is 4.96. The molecule has 228 valence electrons. The number of unbranched alkanes of at least 4 members (excludes halogenated alkanes) is 5. The number of rotatable bonds is 8. The van der Waals surface area contributed by atoms with E-state index in [1.165, 1.54) is 82.6 Å². The molecule has 2 heterocycles. The molecule has 1 N–H and O–H groups in total. The average Bonchev–Trinajstić information content (AvgIpc) is 3.33. The zero-order valence-corrected chi connectivity index (χ0v) is 26.5. The van der Waals surface area contributed by atoms with E-state index < -0.39 is 5.69 Å². The van der Waals surface area contributed by atoms with Crippen molar-refractivity contribution in [3.8, 4) is 17.1 Å². The Morgan fingerprint density at radius 1 is 0.953 bits per heavy atom. The van der Waals surface area contributed by atoms with Gasteiger partial charge in [0.2, 0.25) is 0 Å². The van der Waals surface area contributed by atoms with Gasteiger partial charge in [0.15, 0.2) is 5.82 Å². The van der Waals surface area contributed by atoms with Crippen LogP contribution in [0.5, 0.6) is 0 Å². The maximum atomic E-state index is 13.1. The van der Waals surface area contributed by atoms with Crippen LogP contribution in [0.25, 0.3) is 23.2 Å². The van der Waals surface area contributed by atoms with Crippen molar-refractivity contribution in [2.75, 3.05) is 0 Å². The molecule has 0 spiro atoms. The molecule has 0 bridgehead atoms. The fourth-order valence-electron chi connectivity index (χ4n) is 10.5. The third-order valence-electron chi connectivity index (χ3n) is 12.7. The summed E-state index contributed by atoms with van der Waals surface area (Å²) in [6.07, 6.45) is 21.2. The lowest BCUT2D eigenvalue weighted by molar-refractivity contribution is -0.0478. The van der Waals surface area contributed by atoms with Gasteiger partial charge in [-0.05, 0) is 116 Å². The average molecular weight is 580 g/mol. The van der Waals surface area contributed by atoms with Crippen LogP contribution in [0.3, 0.4) is 0 Å². The predicted octanol–water partition coefficient (Wildman–Crippen LogP) is 8.57. The van der Waals surface area contributed by atoms with Gasteiger partial charge in [0.25, 0.3) is 5.56 Å². The normalized spacial score (nSPS) is 31.2. The number of fused-ring (bicyclic) bond motifs is 7. The minimum Gasteiger partial charge on any atom is -0.294 e. The number of pyridine rings is 1. The molecule has 1 aromatic rings. The number of aromatic nitrogens is 3. The van der Waals surface area contributed by atoms with Gasteiger partial charge >= 0.3 is 5.69 Å². The van der Waals surface area contributed by atoms with E-state index in [2.05, 4.69) is 41.4 Å². The van der Waals surface area contributed by atoms with E-state index in [0.717, 1.165) is 42.0 Å². The van der Waals surface area contributed by atoms with Crippen LogP contribution in [0.15, 0.2) is 51.6 Å². The zero-order chi connectivity index (χ0) is 29.8. The van der Waals surface area contributed by atoms with Crippen LogP contribution in [0, 0.1) is 34.5 Å². The van der Waals surface area contributed by atoms with Gasteiger partial charge in [-0.15, -0.1) is 0 Å². The summed E-state index contributed by atoms with van der Waals surface area (Å²) in [4.78, 5) is 32.2. The molecule has 3 fully saturated rings. The molecular weight excluding hydrogens is 530 g/mol. The van der Waals surface area contributed by atoms with Gasteiger partial charge in [-0.25, -0.2) is 4.79 Å². The van der Waals surface area contributed by atoms with E-state index >= 15 is 0 Å². The highest BCUT2D eigenvalue weighted by Crippen LogP contribution is 2.67. The molecule has 0 radical (unpaired) electrons. The fraction of sp³-hybridized carbons (Fsp3) is 0.605. The second-order valence-electron chi connectivity index (χ2n) is 14.9. The number of hydrogen-bond donors (Lipinski definition) is 1. The molecule has 0 saturated heterocycles. The van der Waals surface area contributed by atoms with Gasteiger partial charge in [-0.1, -0.05) is 83.1 Å². The number of para-hydroxylation sites is 1. The van der Waals surface area contributed by atoms with Crippen molar-refractivity contribution in [1.29, 1.82) is 0 Å². The number of H-pyrrole nitrogens is 1. The molecule has 2 aliphatic heterocycles. The highest BCUT2D eigenvalue weighted by Gasteiger charge is 2.58. The minimum atomic E-state index is -0.590. The molecule has 43 heavy (non-hydrogen) atoms. The van der Waals surface area contributed by atoms with Crippen LogP contribution < -0.4 is 11.2 Å².